The summed E-state index contributed by atoms with van der Waals surface area (Å²) in [7, 11) is 0. The first-order chi connectivity index (χ1) is 15.7. The van der Waals surface area contributed by atoms with Crippen LogP contribution in [0.5, 0.6) is 0 Å². The summed E-state index contributed by atoms with van der Waals surface area (Å²) in [5, 5.41) is 16.8. The van der Waals surface area contributed by atoms with E-state index in [1.54, 1.807) is 40.9 Å². The zero-order chi connectivity index (χ0) is 21.9. The van der Waals surface area contributed by atoms with Gasteiger partial charge in [0, 0.05) is 24.4 Å². The predicted molar refractivity (Wildman–Crippen MR) is 124 cm³/mol. The first-order valence-electron chi connectivity index (χ1n) is 10.0. The van der Waals surface area contributed by atoms with E-state index in [9.17, 15) is 4.79 Å². The number of aryl methyl sites for hydroxylation is 1. The molecule has 5 rings (SSSR count). The van der Waals surface area contributed by atoms with Crippen molar-refractivity contribution in [2.45, 2.75) is 24.6 Å². The molecule has 0 radical (unpaired) electrons. The zero-order valence-electron chi connectivity index (χ0n) is 17.2. The molecular weight excluding hydrogens is 442 g/mol. The number of hydrogen-bond acceptors (Lipinski definition) is 8. The second-order valence-electron chi connectivity index (χ2n) is 7.29. The Morgan fingerprint density at radius 2 is 1.97 bits per heavy atom. The Balaban J connectivity index is 1.33. The first-order valence-corrected chi connectivity index (χ1v) is 11.9. The number of hydrazone groups is 1. The molecule has 0 aliphatic carbocycles. The van der Waals surface area contributed by atoms with Gasteiger partial charge in [-0.05, 0) is 36.1 Å². The summed E-state index contributed by atoms with van der Waals surface area (Å²) in [4.78, 5) is 18.2. The molecule has 1 aliphatic heterocycles. The summed E-state index contributed by atoms with van der Waals surface area (Å²) in [5.41, 5.74) is 3.97. The number of thiophene rings is 1. The molecule has 160 valence electrons. The maximum Gasteiger partial charge on any atom is 0.277 e. The van der Waals surface area contributed by atoms with E-state index in [1.807, 2.05) is 17.5 Å². The Morgan fingerprint density at radius 1 is 1.16 bits per heavy atom. The molecule has 7 nitrogen and oxygen atoms in total. The molecule has 32 heavy (non-hydrogen) atoms. The Hall–Kier alpha value is -3.30. The van der Waals surface area contributed by atoms with Crippen LogP contribution in [0.15, 0.2) is 81.0 Å². The second kappa shape index (κ2) is 9.05. The predicted octanol–water partition coefficient (Wildman–Crippen LogP) is 4.97. The molecule has 0 bridgehead atoms. The molecule has 4 aromatic rings. The molecular formula is C23H19N5O2S2. The molecule has 0 fully saturated rings. The highest BCUT2D eigenvalue weighted by molar-refractivity contribution is 7.99. The van der Waals surface area contributed by atoms with Gasteiger partial charge >= 0.3 is 0 Å². The van der Waals surface area contributed by atoms with E-state index in [0.717, 1.165) is 21.7 Å². The van der Waals surface area contributed by atoms with E-state index in [-0.39, 0.29) is 17.7 Å². The lowest BCUT2D eigenvalue weighted by Crippen LogP contribution is -2.28. The van der Waals surface area contributed by atoms with Gasteiger partial charge in [0.1, 0.15) is 0 Å². The molecule has 1 aliphatic rings. The number of nitrogens with zero attached hydrogens (tertiary/aromatic N) is 5. The molecule has 3 aromatic heterocycles. The molecule has 1 aromatic carbocycles. The standard InChI is InChI=1S/C23H19N5O2S2/c1-15-4-6-16(7-5-15)19-13-18(20-3-2-12-31-20)27-28(19)21(29)14-32-23-26-25-22(30-23)17-8-10-24-11-9-17/h2-12,19H,13-14H2,1H3. The SMILES string of the molecule is Cc1ccc(C2CC(c3cccs3)=NN2C(=O)CSc2nnc(-c3ccncc3)o2)cc1. The van der Waals surface area contributed by atoms with Gasteiger partial charge in [0.05, 0.1) is 22.4 Å². The normalized spacial score (nSPS) is 15.7. The van der Waals surface area contributed by atoms with Crippen molar-refractivity contribution in [3.05, 3.63) is 82.3 Å². The quantitative estimate of drug-likeness (QED) is 0.377. The minimum absolute atomic E-state index is 0.101. The number of amides is 1. The van der Waals surface area contributed by atoms with Crippen LogP contribution < -0.4 is 0 Å². The Bertz CT molecular complexity index is 1240. The number of aromatic nitrogens is 3. The van der Waals surface area contributed by atoms with Crippen molar-refractivity contribution in [2.75, 3.05) is 5.75 Å². The fraction of sp³-hybridized carbons (Fsp3) is 0.174. The number of pyridine rings is 1. The van der Waals surface area contributed by atoms with E-state index in [1.165, 1.54) is 17.3 Å². The van der Waals surface area contributed by atoms with Gasteiger partial charge in [-0.1, -0.05) is 47.7 Å². The van der Waals surface area contributed by atoms with Crippen LogP contribution in [0.1, 0.15) is 28.5 Å². The van der Waals surface area contributed by atoms with Crippen LogP contribution >= 0.6 is 23.1 Å². The van der Waals surface area contributed by atoms with Gasteiger partial charge in [-0.2, -0.15) is 5.10 Å². The van der Waals surface area contributed by atoms with Crippen molar-refractivity contribution in [1.82, 2.24) is 20.2 Å². The summed E-state index contributed by atoms with van der Waals surface area (Å²) < 4.78 is 5.70. The summed E-state index contributed by atoms with van der Waals surface area (Å²) in [5.74, 6) is 0.455. The summed E-state index contributed by atoms with van der Waals surface area (Å²) >= 11 is 2.85. The van der Waals surface area contributed by atoms with Gasteiger partial charge in [0.15, 0.2) is 0 Å². The summed E-state index contributed by atoms with van der Waals surface area (Å²) in [6.45, 7) is 2.05. The number of carbonyl (C=O) groups excluding carboxylic acids is 1. The maximum absolute atomic E-state index is 13.2. The highest BCUT2D eigenvalue weighted by Gasteiger charge is 2.33. The Morgan fingerprint density at radius 3 is 2.72 bits per heavy atom. The highest BCUT2D eigenvalue weighted by Crippen LogP contribution is 2.35. The number of benzene rings is 1. The molecule has 1 unspecified atom stereocenters. The lowest BCUT2D eigenvalue weighted by atomic mass is 10.00. The number of thioether (sulfide) groups is 1. The average Bonchev–Trinajstić information content (AvgIpc) is 3.59. The van der Waals surface area contributed by atoms with Crippen LogP contribution in [-0.2, 0) is 4.79 Å². The lowest BCUT2D eigenvalue weighted by Gasteiger charge is -2.21. The second-order valence-corrected chi connectivity index (χ2v) is 9.16. The monoisotopic (exact) mass is 461 g/mol. The summed E-state index contributed by atoms with van der Waals surface area (Å²) in [6.07, 6.45) is 4.02. The van der Waals surface area contributed by atoms with Crippen LogP contribution in [0.25, 0.3) is 11.5 Å². The van der Waals surface area contributed by atoms with Gasteiger partial charge in [0.25, 0.3) is 11.1 Å². The molecule has 9 heteroatoms. The van der Waals surface area contributed by atoms with Crippen LogP contribution in [0.2, 0.25) is 0 Å². The van der Waals surface area contributed by atoms with Crippen molar-refractivity contribution in [3.8, 4) is 11.5 Å². The van der Waals surface area contributed by atoms with E-state index < -0.39 is 0 Å². The van der Waals surface area contributed by atoms with Crippen LogP contribution in [-0.4, -0.2) is 37.6 Å². The molecule has 0 saturated carbocycles. The largest absolute Gasteiger partial charge is 0.411 e. The topological polar surface area (TPSA) is 84.5 Å². The molecule has 0 spiro atoms. The van der Waals surface area contributed by atoms with E-state index >= 15 is 0 Å². The Labute approximate surface area is 193 Å². The molecule has 1 atom stereocenters. The van der Waals surface area contributed by atoms with Gasteiger partial charge in [0.2, 0.25) is 5.89 Å². The number of hydrogen-bond donors (Lipinski definition) is 0. The van der Waals surface area contributed by atoms with Gasteiger partial charge < -0.3 is 4.42 Å². The zero-order valence-corrected chi connectivity index (χ0v) is 18.8. The van der Waals surface area contributed by atoms with Crippen molar-refractivity contribution in [1.29, 1.82) is 0 Å². The fourth-order valence-electron chi connectivity index (χ4n) is 3.45. The van der Waals surface area contributed by atoms with E-state index in [0.29, 0.717) is 17.5 Å². The minimum Gasteiger partial charge on any atom is -0.411 e. The minimum atomic E-state index is -0.129. The maximum atomic E-state index is 13.2. The molecule has 1 amide bonds. The average molecular weight is 462 g/mol. The van der Waals surface area contributed by atoms with Crippen molar-refractivity contribution >= 4 is 34.7 Å². The van der Waals surface area contributed by atoms with Gasteiger partial charge in [-0.15, -0.1) is 21.5 Å². The van der Waals surface area contributed by atoms with Crippen molar-refractivity contribution < 1.29 is 9.21 Å². The molecule has 0 N–H and O–H groups in total. The summed E-state index contributed by atoms with van der Waals surface area (Å²) in [6, 6.07) is 15.8. The van der Waals surface area contributed by atoms with Gasteiger partial charge in [-0.25, -0.2) is 5.01 Å². The van der Waals surface area contributed by atoms with E-state index in [2.05, 4.69) is 46.4 Å². The van der Waals surface area contributed by atoms with Crippen LogP contribution in [0.3, 0.4) is 0 Å². The Kier molecular flexibility index (Phi) is 5.83. The van der Waals surface area contributed by atoms with Crippen LogP contribution in [0.4, 0.5) is 0 Å². The smallest absolute Gasteiger partial charge is 0.277 e. The number of rotatable bonds is 6. The number of carbonyl (C=O) groups is 1. The first kappa shape index (κ1) is 20.6. The van der Waals surface area contributed by atoms with Gasteiger partial charge in [-0.3, -0.25) is 9.78 Å². The third-order valence-electron chi connectivity index (χ3n) is 5.09. The molecule has 4 heterocycles. The van der Waals surface area contributed by atoms with Crippen molar-refractivity contribution in [2.24, 2.45) is 5.10 Å². The molecule has 0 saturated heterocycles. The fourth-order valence-corrected chi connectivity index (χ4v) is 4.79. The highest BCUT2D eigenvalue weighted by atomic mass is 32.2. The lowest BCUT2D eigenvalue weighted by molar-refractivity contribution is -0.130. The third-order valence-corrected chi connectivity index (χ3v) is 6.81. The van der Waals surface area contributed by atoms with Crippen LogP contribution in [0, 0.1) is 6.92 Å². The van der Waals surface area contributed by atoms with Crippen molar-refractivity contribution in [3.63, 3.8) is 0 Å². The third kappa shape index (κ3) is 4.35. The van der Waals surface area contributed by atoms with E-state index in [4.69, 9.17) is 9.52 Å².